The zero-order valence-electron chi connectivity index (χ0n) is 12.6. The highest BCUT2D eigenvalue weighted by Crippen LogP contribution is 2.48. The number of aromatic amines is 1. The van der Waals surface area contributed by atoms with Crippen LogP contribution in [0.15, 0.2) is 41.5 Å². The summed E-state index contributed by atoms with van der Waals surface area (Å²) in [4.78, 5) is 4.20. The highest BCUT2D eigenvalue weighted by Gasteiger charge is 2.45. The quantitative estimate of drug-likeness (QED) is 0.584. The molecule has 6 heteroatoms. The molecule has 0 saturated heterocycles. The van der Waals surface area contributed by atoms with E-state index >= 15 is 0 Å². The molecule has 0 amide bonds. The van der Waals surface area contributed by atoms with Gasteiger partial charge < -0.3 is 10.6 Å². The molecule has 0 radical (unpaired) electrons. The summed E-state index contributed by atoms with van der Waals surface area (Å²) in [7, 11) is 1.73. The van der Waals surface area contributed by atoms with Crippen LogP contribution in [-0.4, -0.2) is 29.7 Å². The fourth-order valence-corrected chi connectivity index (χ4v) is 2.62. The molecule has 0 atom stereocenters. The third kappa shape index (κ3) is 3.10. The molecular formula is C16H20FN5. The third-order valence-electron chi connectivity index (χ3n) is 4.12. The van der Waals surface area contributed by atoms with E-state index in [1.54, 1.807) is 19.3 Å². The first-order valence-electron chi connectivity index (χ1n) is 7.41. The van der Waals surface area contributed by atoms with Crippen molar-refractivity contribution in [3.63, 3.8) is 0 Å². The molecule has 1 aliphatic carbocycles. The van der Waals surface area contributed by atoms with Crippen molar-refractivity contribution in [2.24, 2.45) is 4.99 Å². The molecule has 1 aliphatic rings. The van der Waals surface area contributed by atoms with Gasteiger partial charge >= 0.3 is 0 Å². The molecule has 1 heterocycles. The minimum atomic E-state index is -0.123. The number of H-pyrrole nitrogens is 1. The van der Waals surface area contributed by atoms with Crippen LogP contribution in [0.4, 0.5) is 4.39 Å². The fourth-order valence-electron chi connectivity index (χ4n) is 2.62. The third-order valence-corrected chi connectivity index (χ3v) is 4.12. The maximum Gasteiger partial charge on any atom is 0.191 e. The molecule has 0 spiro atoms. The second-order valence-corrected chi connectivity index (χ2v) is 5.62. The molecule has 3 rings (SSSR count). The number of aliphatic imine (C=N–C) groups is 1. The molecule has 1 saturated carbocycles. The summed E-state index contributed by atoms with van der Waals surface area (Å²) in [5.74, 6) is 0.583. The van der Waals surface area contributed by atoms with Gasteiger partial charge in [0.05, 0.1) is 12.2 Å². The summed E-state index contributed by atoms with van der Waals surface area (Å²) in [6.45, 7) is 1.29. The van der Waals surface area contributed by atoms with Gasteiger partial charge in [-0.05, 0) is 30.5 Å². The number of nitrogens with zero attached hydrogens (tertiary/aromatic N) is 2. The lowest BCUT2D eigenvalue weighted by Gasteiger charge is -2.19. The highest BCUT2D eigenvalue weighted by atomic mass is 19.1. The first-order valence-corrected chi connectivity index (χ1v) is 7.41. The topological polar surface area (TPSA) is 65.1 Å². The van der Waals surface area contributed by atoms with Gasteiger partial charge in [-0.15, -0.1) is 0 Å². The lowest BCUT2D eigenvalue weighted by atomic mass is 9.95. The van der Waals surface area contributed by atoms with E-state index < -0.39 is 0 Å². The van der Waals surface area contributed by atoms with Crippen molar-refractivity contribution in [3.8, 4) is 0 Å². The van der Waals surface area contributed by atoms with E-state index in [4.69, 9.17) is 0 Å². The van der Waals surface area contributed by atoms with E-state index in [0.29, 0.717) is 19.0 Å². The highest BCUT2D eigenvalue weighted by molar-refractivity contribution is 5.79. The summed E-state index contributed by atoms with van der Waals surface area (Å²) < 4.78 is 14.0. The lowest BCUT2D eigenvalue weighted by Crippen LogP contribution is -2.41. The van der Waals surface area contributed by atoms with Crippen molar-refractivity contribution in [2.75, 3.05) is 13.6 Å². The van der Waals surface area contributed by atoms with Gasteiger partial charge in [-0.1, -0.05) is 18.2 Å². The summed E-state index contributed by atoms with van der Waals surface area (Å²) in [5.41, 5.74) is 1.68. The van der Waals surface area contributed by atoms with E-state index in [1.165, 1.54) is 6.07 Å². The van der Waals surface area contributed by atoms with Gasteiger partial charge in [-0.25, -0.2) is 4.39 Å². The molecule has 1 fully saturated rings. The minimum absolute atomic E-state index is 0.100. The largest absolute Gasteiger partial charge is 0.356 e. The fraction of sp³-hybridized carbons (Fsp3) is 0.375. The summed E-state index contributed by atoms with van der Waals surface area (Å²) in [5, 5.41) is 13.3. The molecule has 0 unspecified atom stereocenters. The van der Waals surface area contributed by atoms with Crippen molar-refractivity contribution in [3.05, 3.63) is 53.6 Å². The zero-order chi connectivity index (χ0) is 15.4. The van der Waals surface area contributed by atoms with E-state index in [1.807, 2.05) is 18.2 Å². The number of hydrogen-bond acceptors (Lipinski definition) is 2. The maximum atomic E-state index is 14.0. The molecule has 1 aromatic heterocycles. The molecule has 3 N–H and O–H groups in total. The van der Waals surface area contributed by atoms with Crippen LogP contribution < -0.4 is 10.6 Å². The van der Waals surface area contributed by atoms with Crippen LogP contribution in [0.2, 0.25) is 0 Å². The molecule has 2 aromatic rings. The first-order chi connectivity index (χ1) is 10.7. The van der Waals surface area contributed by atoms with Crippen LogP contribution in [0.5, 0.6) is 0 Å². The second kappa shape index (κ2) is 6.17. The van der Waals surface area contributed by atoms with Gasteiger partial charge in [0.1, 0.15) is 5.82 Å². The Labute approximate surface area is 129 Å². The van der Waals surface area contributed by atoms with Crippen molar-refractivity contribution < 1.29 is 4.39 Å². The Hall–Kier alpha value is -2.37. The molecule has 116 valence electrons. The molecule has 0 aliphatic heterocycles. The number of rotatable bonds is 5. The second-order valence-electron chi connectivity index (χ2n) is 5.62. The SMILES string of the molecule is CN=C(NCc1ccn[nH]1)NCC1(c2ccccc2F)CC1. The van der Waals surface area contributed by atoms with Gasteiger partial charge in [0.15, 0.2) is 5.96 Å². The van der Waals surface area contributed by atoms with Crippen LogP contribution in [-0.2, 0) is 12.0 Å². The normalized spacial score (nSPS) is 16.4. The average molecular weight is 301 g/mol. The van der Waals surface area contributed by atoms with E-state index in [9.17, 15) is 4.39 Å². The van der Waals surface area contributed by atoms with Crippen LogP contribution >= 0.6 is 0 Å². The average Bonchev–Trinajstić information content (AvgIpc) is 3.13. The molecular weight excluding hydrogens is 281 g/mol. The van der Waals surface area contributed by atoms with Gasteiger partial charge in [-0.3, -0.25) is 10.1 Å². The molecule has 0 bridgehead atoms. The summed E-state index contributed by atoms with van der Waals surface area (Å²) >= 11 is 0. The van der Waals surface area contributed by atoms with E-state index in [0.717, 1.165) is 24.1 Å². The van der Waals surface area contributed by atoms with Crippen molar-refractivity contribution in [1.82, 2.24) is 20.8 Å². The smallest absolute Gasteiger partial charge is 0.191 e. The number of nitrogens with one attached hydrogen (secondary N) is 3. The number of halogens is 1. The minimum Gasteiger partial charge on any atom is -0.356 e. The zero-order valence-corrected chi connectivity index (χ0v) is 12.6. The first kappa shape index (κ1) is 14.6. The summed E-state index contributed by atoms with van der Waals surface area (Å²) in [6.07, 6.45) is 3.71. The van der Waals surface area contributed by atoms with Crippen molar-refractivity contribution >= 4 is 5.96 Å². The number of guanidine groups is 1. The van der Waals surface area contributed by atoms with Crippen LogP contribution in [0, 0.1) is 5.82 Å². The van der Waals surface area contributed by atoms with Crippen LogP contribution in [0.3, 0.4) is 0 Å². The number of hydrogen-bond donors (Lipinski definition) is 3. The van der Waals surface area contributed by atoms with E-state index in [2.05, 4.69) is 25.8 Å². The Morgan fingerprint density at radius 1 is 1.32 bits per heavy atom. The predicted molar refractivity (Wildman–Crippen MR) is 84.1 cm³/mol. The Morgan fingerprint density at radius 2 is 2.14 bits per heavy atom. The van der Waals surface area contributed by atoms with E-state index in [-0.39, 0.29) is 11.2 Å². The van der Waals surface area contributed by atoms with Gasteiger partial charge in [0, 0.05) is 25.2 Å². The monoisotopic (exact) mass is 301 g/mol. The van der Waals surface area contributed by atoms with Gasteiger partial charge in [0.2, 0.25) is 0 Å². The predicted octanol–water partition coefficient (Wildman–Crippen LogP) is 1.95. The van der Waals surface area contributed by atoms with Gasteiger partial charge in [0.25, 0.3) is 0 Å². The van der Waals surface area contributed by atoms with Crippen molar-refractivity contribution in [1.29, 1.82) is 0 Å². The Bertz CT molecular complexity index is 646. The molecule has 1 aromatic carbocycles. The van der Waals surface area contributed by atoms with Crippen LogP contribution in [0.1, 0.15) is 24.1 Å². The number of aromatic nitrogens is 2. The van der Waals surface area contributed by atoms with Crippen LogP contribution in [0.25, 0.3) is 0 Å². The summed E-state index contributed by atoms with van der Waals surface area (Å²) in [6, 6.07) is 8.94. The Kier molecular flexibility index (Phi) is 4.09. The molecule has 22 heavy (non-hydrogen) atoms. The lowest BCUT2D eigenvalue weighted by molar-refractivity contribution is 0.559. The Balaban J connectivity index is 1.58. The standard InChI is InChI=1S/C16H20FN5/c1-18-15(19-10-12-6-9-21-22-12)20-11-16(7-8-16)13-4-2-3-5-14(13)17/h2-6,9H,7-8,10-11H2,1H3,(H,21,22)(H2,18,19,20). The number of benzene rings is 1. The van der Waals surface area contributed by atoms with Gasteiger partial charge in [-0.2, -0.15) is 5.10 Å². The van der Waals surface area contributed by atoms with Crippen molar-refractivity contribution in [2.45, 2.75) is 24.8 Å². The molecule has 5 nitrogen and oxygen atoms in total. The maximum absolute atomic E-state index is 14.0. The Morgan fingerprint density at radius 3 is 2.77 bits per heavy atom.